The number of benzene rings is 2. The van der Waals surface area contributed by atoms with Gasteiger partial charge in [0, 0.05) is 28.6 Å². The van der Waals surface area contributed by atoms with Gasteiger partial charge in [0.25, 0.3) is 0 Å². The fraction of sp³-hybridized carbons (Fsp3) is 0.250. The number of carbonyl (C=O) groups excluding carboxylic acids is 1. The first-order chi connectivity index (χ1) is 15.0. The van der Waals surface area contributed by atoms with E-state index >= 15 is 0 Å². The predicted molar refractivity (Wildman–Crippen MR) is 117 cm³/mol. The summed E-state index contributed by atoms with van der Waals surface area (Å²) >= 11 is 6.03. The van der Waals surface area contributed by atoms with Gasteiger partial charge in [-0.2, -0.15) is 0 Å². The molecular formula is C24H21ClN2O4. The highest BCUT2D eigenvalue weighted by molar-refractivity contribution is 6.30. The SMILES string of the molecule is COc1ccc([C@H]2C3=C(C[C@H](c4ccc(Cl)cc4)CC3=O)Nc3onc(C)c32)cc1O. The smallest absolute Gasteiger partial charge is 0.233 e. The van der Waals surface area contributed by atoms with Crippen molar-refractivity contribution in [3.05, 3.63) is 81.1 Å². The Morgan fingerprint density at radius 1 is 1.16 bits per heavy atom. The number of aryl methyl sites for hydroxylation is 1. The molecule has 1 aliphatic heterocycles. The quantitative estimate of drug-likeness (QED) is 0.578. The van der Waals surface area contributed by atoms with Gasteiger partial charge in [-0.1, -0.05) is 35.0 Å². The van der Waals surface area contributed by atoms with E-state index in [1.165, 1.54) is 7.11 Å². The summed E-state index contributed by atoms with van der Waals surface area (Å²) in [4.78, 5) is 13.5. The van der Waals surface area contributed by atoms with Crippen molar-refractivity contribution in [1.82, 2.24) is 5.16 Å². The zero-order valence-electron chi connectivity index (χ0n) is 17.1. The molecule has 2 atom stereocenters. The fourth-order valence-corrected chi connectivity index (χ4v) is 4.79. The topological polar surface area (TPSA) is 84.6 Å². The number of fused-ring (bicyclic) bond motifs is 1. The first kappa shape index (κ1) is 19.7. The lowest BCUT2D eigenvalue weighted by atomic mass is 9.72. The molecule has 0 bridgehead atoms. The standard InChI is InChI=1S/C24H21ClN2O4/c1-12-21-22(14-5-8-20(30-2)18(28)10-14)23-17(26-24(21)31-27-12)9-15(11-19(23)29)13-3-6-16(25)7-4-13/h3-8,10,15,22,26,28H,9,11H2,1-2H3/t15-,22+/m0/s1. The van der Waals surface area contributed by atoms with Crippen LogP contribution in [0.3, 0.4) is 0 Å². The molecule has 1 aliphatic carbocycles. The maximum Gasteiger partial charge on any atom is 0.233 e. The van der Waals surface area contributed by atoms with Crippen LogP contribution < -0.4 is 10.1 Å². The average molecular weight is 437 g/mol. The van der Waals surface area contributed by atoms with E-state index in [4.69, 9.17) is 20.9 Å². The number of phenols is 1. The third kappa shape index (κ3) is 3.27. The van der Waals surface area contributed by atoms with Gasteiger partial charge in [-0.05, 0) is 54.7 Å². The maximum absolute atomic E-state index is 13.5. The van der Waals surface area contributed by atoms with E-state index in [1.807, 2.05) is 37.3 Å². The van der Waals surface area contributed by atoms with E-state index in [9.17, 15) is 9.90 Å². The molecule has 2 N–H and O–H groups in total. The average Bonchev–Trinajstić information content (AvgIpc) is 3.13. The first-order valence-electron chi connectivity index (χ1n) is 10.1. The van der Waals surface area contributed by atoms with Gasteiger partial charge in [-0.3, -0.25) is 4.79 Å². The van der Waals surface area contributed by atoms with Crippen LogP contribution in [0.2, 0.25) is 5.02 Å². The van der Waals surface area contributed by atoms with Gasteiger partial charge in [0.15, 0.2) is 17.3 Å². The number of carbonyl (C=O) groups is 1. The molecule has 31 heavy (non-hydrogen) atoms. The molecule has 0 saturated heterocycles. The Kier molecular flexibility index (Phi) is 4.74. The monoisotopic (exact) mass is 436 g/mol. The van der Waals surface area contributed by atoms with Crippen LogP contribution in [0, 0.1) is 6.92 Å². The number of nitrogens with one attached hydrogen (secondary N) is 1. The molecule has 1 aromatic heterocycles. The van der Waals surface area contributed by atoms with Crippen molar-refractivity contribution in [3.8, 4) is 11.5 Å². The summed E-state index contributed by atoms with van der Waals surface area (Å²) in [6, 6.07) is 12.9. The third-order valence-corrected chi connectivity index (χ3v) is 6.39. The number of Topliss-reactive ketones (excluding diaryl/α,β-unsaturated/α-hetero) is 1. The lowest BCUT2D eigenvalue weighted by Crippen LogP contribution is -2.29. The molecule has 0 unspecified atom stereocenters. The molecule has 2 aromatic carbocycles. The van der Waals surface area contributed by atoms with Crippen LogP contribution in [0.1, 0.15) is 47.1 Å². The Balaban J connectivity index is 1.61. The van der Waals surface area contributed by atoms with Gasteiger partial charge in [-0.15, -0.1) is 0 Å². The highest BCUT2D eigenvalue weighted by atomic mass is 35.5. The van der Waals surface area contributed by atoms with Gasteiger partial charge in [0.2, 0.25) is 5.88 Å². The molecule has 2 heterocycles. The summed E-state index contributed by atoms with van der Waals surface area (Å²) in [6.07, 6.45) is 1.07. The number of anilines is 1. The maximum atomic E-state index is 13.5. The molecule has 158 valence electrons. The van der Waals surface area contributed by atoms with Gasteiger partial charge in [0.05, 0.1) is 18.4 Å². The van der Waals surface area contributed by atoms with Crippen molar-refractivity contribution in [2.24, 2.45) is 0 Å². The number of halogens is 1. The Morgan fingerprint density at radius 3 is 2.61 bits per heavy atom. The van der Waals surface area contributed by atoms with Crippen LogP contribution in [0.5, 0.6) is 11.5 Å². The van der Waals surface area contributed by atoms with E-state index < -0.39 is 0 Å². The number of rotatable bonds is 3. The van der Waals surface area contributed by atoms with Crippen LogP contribution in [0.4, 0.5) is 5.88 Å². The lowest BCUT2D eigenvalue weighted by Gasteiger charge is -2.34. The minimum atomic E-state index is -0.368. The largest absolute Gasteiger partial charge is 0.504 e. The zero-order chi connectivity index (χ0) is 21.7. The molecule has 0 radical (unpaired) electrons. The van der Waals surface area contributed by atoms with Crippen molar-refractivity contribution in [3.63, 3.8) is 0 Å². The van der Waals surface area contributed by atoms with Crippen LogP contribution in [0.15, 0.2) is 58.3 Å². The van der Waals surface area contributed by atoms with Gasteiger partial charge >= 0.3 is 0 Å². The molecule has 0 saturated carbocycles. The number of allylic oxidation sites excluding steroid dienone is 2. The van der Waals surface area contributed by atoms with Crippen LogP contribution in [-0.4, -0.2) is 23.2 Å². The number of hydrogen-bond acceptors (Lipinski definition) is 6. The molecule has 0 amide bonds. The van der Waals surface area contributed by atoms with Crippen molar-refractivity contribution in [2.45, 2.75) is 31.6 Å². The number of ketones is 1. The molecule has 0 spiro atoms. The van der Waals surface area contributed by atoms with Crippen molar-refractivity contribution in [1.29, 1.82) is 0 Å². The Labute approximate surface area is 184 Å². The van der Waals surface area contributed by atoms with E-state index in [-0.39, 0.29) is 23.4 Å². The minimum Gasteiger partial charge on any atom is -0.504 e. The van der Waals surface area contributed by atoms with Crippen LogP contribution in [-0.2, 0) is 4.79 Å². The summed E-state index contributed by atoms with van der Waals surface area (Å²) in [5.74, 6) is 0.700. The highest BCUT2D eigenvalue weighted by Gasteiger charge is 2.41. The van der Waals surface area contributed by atoms with Gasteiger partial charge < -0.3 is 19.7 Å². The molecule has 2 aliphatic rings. The molecule has 7 heteroatoms. The molecule has 3 aromatic rings. The number of hydrogen-bond donors (Lipinski definition) is 2. The van der Waals surface area contributed by atoms with Crippen LogP contribution >= 0.6 is 11.6 Å². The molecular weight excluding hydrogens is 416 g/mol. The van der Waals surface area contributed by atoms with E-state index in [1.54, 1.807) is 12.1 Å². The fourth-order valence-electron chi connectivity index (χ4n) is 4.66. The Morgan fingerprint density at radius 2 is 1.90 bits per heavy atom. The van der Waals surface area contributed by atoms with E-state index in [2.05, 4.69) is 10.5 Å². The second kappa shape index (κ2) is 7.46. The van der Waals surface area contributed by atoms with Crippen molar-refractivity contribution >= 4 is 23.3 Å². The van der Waals surface area contributed by atoms with E-state index in [0.29, 0.717) is 40.8 Å². The summed E-state index contributed by atoms with van der Waals surface area (Å²) < 4.78 is 10.7. The first-order valence-corrected chi connectivity index (χ1v) is 10.5. The summed E-state index contributed by atoms with van der Waals surface area (Å²) in [6.45, 7) is 1.86. The van der Waals surface area contributed by atoms with Crippen molar-refractivity contribution < 1.29 is 19.2 Å². The summed E-state index contributed by atoms with van der Waals surface area (Å²) in [5.41, 5.74) is 4.93. The highest BCUT2D eigenvalue weighted by Crippen LogP contribution is 2.49. The van der Waals surface area contributed by atoms with Gasteiger partial charge in [-0.25, -0.2) is 0 Å². The normalized spacial score (nSPS) is 20.2. The Hall–Kier alpha value is -3.25. The number of aromatic nitrogens is 1. The number of aromatic hydroxyl groups is 1. The second-order valence-electron chi connectivity index (χ2n) is 7.97. The lowest BCUT2D eigenvalue weighted by molar-refractivity contribution is -0.116. The number of ether oxygens (including phenoxy) is 1. The van der Waals surface area contributed by atoms with Crippen LogP contribution in [0.25, 0.3) is 0 Å². The zero-order valence-corrected chi connectivity index (χ0v) is 17.9. The Bertz CT molecular complexity index is 1210. The second-order valence-corrected chi connectivity index (χ2v) is 8.41. The third-order valence-electron chi connectivity index (χ3n) is 6.14. The molecule has 6 nitrogen and oxygen atoms in total. The molecule has 5 rings (SSSR count). The number of nitrogens with zero attached hydrogens (tertiary/aromatic N) is 1. The molecule has 0 fully saturated rings. The van der Waals surface area contributed by atoms with E-state index in [0.717, 1.165) is 22.4 Å². The summed E-state index contributed by atoms with van der Waals surface area (Å²) in [7, 11) is 1.50. The predicted octanol–water partition coefficient (Wildman–Crippen LogP) is 5.31. The number of methoxy groups -OCH3 is 1. The number of phenolic OH excluding ortho intramolecular Hbond substituents is 1. The van der Waals surface area contributed by atoms with Crippen molar-refractivity contribution in [2.75, 3.05) is 12.4 Å². The summed E-state index contributed by atoms with van der Waals surface area (Å²) in [5, 5.41) is 18.5. The van der Waals surface area contributed by atoms with Gasteiger partial charge in [0.1, 0.15) is 0 Å². The minimum absolute atomic E-state index is 0.0265.